The zero-order valence-corrected chi connectivity index (χ0v) is 11.0. The number of aliphatic hydroxyl groups excluding tert-OH is 1. The Hall–Kier alpha value is -0.120. The van der Waals surface area contributed by atoms with Crippen molar-refractivity contribution in [2.75, 3.05) is 53.9 Å². The van der Waals surface area contributed by atoms with Gasteiger partial charge in [0.2, 0.25) is 0 Å². The molecule has 1 N–H and O–H groups in total. The Balaban J connectivity index is 3.51. The highest BCUT2D eigenvalue weighted by molar-refractivity contribution is 4.51. The van der Waals surface area contributed by atoms with Gasteiger partial charge in [-0.05, 0) is 20.0 Å². The summed E-state index contributed by atoms with van der Waals surface area (Å²) in [4.78, 5) is 2.41. The van der Waals surface area contributed by atoms with Gasteiger partial charge >= 0.3 is 0 Å². The molecule has 0 aromatic heterocycles. The van der Waals surface area contributed by atoms with Crippen molar-refractivity contribution in [2.24, 2.45) is 0 Å². The maximum absolute atomic E-state index is 8.90. The van der Waals surface area contributed by atoms with Gasteiger partial charge in [0.05, 0.1) is 27.2 Å². The lowest BCUT2D eigenvalue weighted by Gasteiger charge is -2.29. The zero-order chi connectivity index (χ0) is 11.7. The van der Waals surface area contributed by atoms with Crippen LogP contribution in [0.15, 0.2) is 0 Å². The third-order valence-corrected chi connectivity index (χ3v) is 2.90. The lowest BCUT2D eigenvalue weighted by atomic mass is 10.3. The fraction of sp³-hybridized carbons (Fsp3) is 1.00. The van der Waals surface area contributed by atoms with Crippen LogP contribution in [0.25, 0.3) is 0 Å². The van der Waals surface area contributed by atoms with Gasteiger partial charge in [-0.15, -0.1) is 0 Å². The van der Waals surface area contributed by atoms with Gasteiger partial charge in [-0.25, -0.2) is 0 Å². The van der Waals surface area contributed by atoms with Crippen LogP contribution in [0.1, 0.15) is 26.2 Å². The number of aliphatic hydroxyl groups is 1. The fourth-order valence-electron chi connectivity index (χ4n) is 1.69. The summed E-state index contributed by atoms with van der Waals surface area (Å²) < 4.78 is 0.929. The first kappa shape index (κ1) is 14.9. The molecule has 3 heteroatoms. The smallest absolute Gasteiger partial charge is 0.102 e. The van der Waals surface area contributed by atoms with Gasteiger partial charge in [0.15, 0.2) is 0 Å². The summed E-state index contributed by atoms with van der Waals surface area (Å²) in [5, 5.41) is 8.90. The van der Waals surface area contributed by atoms with Gasteiger partial charge in [0.25, 0.3) is 0 Å². The Morgan fingerprint density at radius 2 is 1.67 bits per heavy atom. The highest BCUT2D eigenvalue weighted by Gasteiger charge is 2.13. The van der Waals surface area contributed by atoms with E-state index in [2.05, 4.69) is 33.0 Å². The number of quaternary nitrogens is 1. The minimum atomic E-state index is 0.290. The summed E-state index contributed by atoms with van der Waals surface area (Å²) in [5.74, 6) is 0. The average molecular weight is 217 g/mol. The van der Waals surface area contributed by atoms with E-state index < -0.39 is 0 Å². The molecule has 0 unspecified atom stereocenters. The zero-order valence-electron chi connectivity index (χ0n) is 11.0. The monoisotopic (exact) mass is 217 g/mol. The maximum Gasteiger partial charge on any atom is 0.102 e. The van der Waals surface area contributed by atoms with Crippen molar-refractivity contribution in [3.8, 4) is 0 Å². The van der Waals surface area contributed by atoms with Gasteiger partial charge in [-0.1, -0.05) is 13.3 Å². The molecule has 0 aliphatic rings. The lowest BCUT2D eigenvalue weighted by molar-refractivity contribution is -0.890. The van der Waals surface area contributed by atoms with Crippen molar-refractivity contribution in [3.05, 3.63) is 0 Å². The second-order valence-electron chi connectivity index (χ2n) is 5.12. The van der Waals surface area contributed by atoms with E-state index >= 15 is 0 Å². The highest BCUT2D eigenvalue weighted by Crippen LogP contribution is 2.00. The summed E-state index contributed by atoms with van der Waals surface area (Å²) in [6, 6.07) is 0. The van der Waals surface area contributed by atoms with E-state index in [-0.39, 0.29) is 0 Å². The van der Waals surface area contributed by atoms with E-state index in [1.807, 2.05) is 0 Å². The Morgan fingerprint density at radius 3 is 2.20 bits per heavy atom. The SMILES string of the molecule is CCCCN(C)CCC[N+](C)(C)CCO. The van der Waals surface area contributed by atoms with Crippen molar-refractivity contribution >= 4 is 0 Å². The Kier molecular flexibility index (Phi) is 8.02. The molecule has 0 rings (SSSR count). The van der Waals surface area contributed by atoms with Crippen LogP contribution in [0, 0.1) is 0 Å². The topological polar surface area (TPSA) is 23.5 Å². The molecule has 0 aliphatic heterocycles. The summed E-state index contributed by atoms with van der Waals surface area (Å²) in [6.07, 6.45) is 3.79. The van der Waals surface area contributed by atoms with E-state index in [0.29, 0.717) is 6.61 Å². The van der Waals surface area contributed by atoms with Crippen LogP contribution in [0.4, 0.5) is 0 Å². The van der Waals surface area contributed by atoms with Crippen LogP contribution in [0.2, 0.25) is 0 Å². The van der Waals surface area contributed by atoms with Crippen molar-refractivity contribution in [2.45, 2.75) is 26.2 Å². The van der Waals surface area contributed by atoms with Gasteiger partial charge in [-0.3, -0.25) is 0 Å². The molecular weight excluding hydrogens is 188 g/mol. The minimum Gasteiger partial charge on any atom is -0.391 e. The van der Waals surface area contributed by atoms with Gasteiger partial charge in [-0.2, -0.15) is 0 Å². The molecule has 0 bridgehead atoms. The standard InChI is InChI=1S/C12H29N2O/c1-5-6-8-13(2)9-7-10-14(3,4)11-12-15/h15H,5-12H2,1-4H3/q+1. The third-order valence-electron chi connectivity index (χ3n) is 2.90. The van der Waals surface area contributed by atoms with E-state index in [0.717, 1.165) is 17.6 Å². The molecule has 15 heavy (non-hydrogen) atoms. The molecule has 0 heterocycles. The summed E-state index contributed by atoms with van der Waals surface area (Å²) >= 11 is 0. The van der Waals surface area contributed by atoms with Crippen LogP contribution >= 0.6 is 0 Å². The molecule has 0 aliphatic carbocycles. The summed E-state index contributed by atoms with van der Waals surface area (Å²) in [6.45, 7) is 6.92. The molecular formula is C12H29N2O+. The molecule has 0 radical (unpaired) electrons. The molecule has 0 aromatic carbocycles. The number of hydrogen-bond acceptors (Lipinski definition) is 2. The predicted molar refractivity (Wildman–Crippen MR) is 66.0 cm³/mol. The van der Waals surface area contributed by atoms with Crippen LogP contribution in [-0.2, 0) is 0 Å². The van der Waals surface area contributed by atoms with Crippen LogP contribution < -0.4 is 0 Å². The molecule has 0 amide bonds. The Labute approximate surface area is 95.3 Å². The van der Waals surface area contributed by atoms with Crippen molar-refractivity contribution in [3.63, 3.8) is 0 Å². The van der Waals surface area contributed by atoms with Crippen LogP contribution in [0.5, 0.6) is 0 Å². The van der Waals surface area contributed by atoms with Gasteiger partial charge in [0, 0.05) is 13.0 Å². The quantitative estimate of drug-likeness (QED) is 0.586. The molecule has 0 saturated heterocycles. The summed E-state index contributed by atoms with van der Waals surface area (Å²) in [7, 11) is 6.56. The van der Waals surface area contributed by atoms with E-state index in [4.69, 9.17) is 5.11 Å². The van der Waals surface area contributed by atoms with Crippen molar-refractivity contribution < 1.29 is 9.59 Å². The van der Waals surface area contributed by atoms with Gasteiger partial charge < -0.3 is 14.5 Å². The van der Waals surface area contributed by atoms with Crippen molar-refractivity contribution in [1.82, 2.24) is 4.90 Å². The summed E-state index contributed by atoms with van der Waals surface area (Å²) in [5.41, 5.74) is 0. The molecule has 0 saturated carbocycles. The van der Waals surface area contributed by atoms with Crippen molar-refractivity contribution in [1.29, 1.82) is 0 Å². The third kappa shape index (κ3) is 8.85. The highest BCUT2D eigenvalue weighted by atomic mass is 16.3. The fourth-order valence-corrected chi connectivity index (χ4v) is 1.69. The molecule has 3 nitrogen and oxygen atoms in total. The first-order chi connectivity index (χ1) is 7.02. The second-order valence-corrected chi connectivity index (χ2v) is 5.12. The first-order valence-corrected chi connectivity index (χ1v) is 6.13. The number of unbranched alkanes of at least 4 members (excludes halogenated alkanes) is 1. The maximum atomic E-state index is 8.90. The molecule has 0 spiro atoms. The minimum absolute atomic E-state index is 0.290. The average Bonchev–Trinajstić information content (AvgIpc) is 2.14. The number of likely N-dealkylation sites (N-methyl/N-ethyl adjacent to an activating group) is 1. The largest absolute Gasteiger partial charge is 0.391 e. The van der Waals surface area contributed by atoms with E-state index in [9.17, 15) is 0 Å². The van der Waals surface area contributed by atoms with Crippen LogP contribution in [0.3, 0.4) is 0 Å². The van der Waals surface area contributed by atoms with Gasteiger partial charge in [0.1, 0.15) is 6.54 Å². The molecule has 0 fully saturated rings. The van der Waals surface area contributed by atoms with Crippen LogP contribution in [-0.4, -0.2) is 68.4 Å². The molecule has 0 aromatic rings. The normalized spacial score (nSPS) is 12.4. The lowest BCUT2D eigenvalue weighted by Crippen LogP contribution is -2.43. The number of rotatable bonds is 9. The predicted octanol–water partition coefficient (Wildman–Crippen LogP) is 1.18. The molecule has 92 valence electrons. The first-order valence-electron chi connectivity index (χ1n) is 6.13. The Morgan fingerprint density at radius 1 is 1.07 bits per heavy atom. The van der Waals surface area contributed by atoms with E-state index in [1.165, 1.54) is 32.4 Å². The Bertz CT molecular complexity index is 149. The number of hydrogen-bond donors (Lipinski definition) is 1. The molecule has 0 atom stereocenters. The second kappa shape index (κ2) is 8.08. The number of nitrogens with zero attached hydrogens (tertiary/aromatic N) is 2. The van der Waals surface area contributed by atoms with E-state index in [1.54, 1.807) is 0 Å².